The molecule has 3 N–H and O–H groups in total. The third kappa shape index (κ3) is 2.51. The van der Waals surface area contributed by atoms with Crippen molar-refractivity contribution in [3.8, 4) is 0 Å². The molecule has 82 valence electrons. The highest BCUT2D eigenvalue weighted by molar-refractivity contribution is 5.49. The number of hydrogen-bond acceptors (Lipinski definition) is 2. The molecule has 0 radical (unpaired) electrons. The molecule has 15 heavy (non-hydrogen) atoms. The summed E-state index contributed by atoms with van der Waals surface area (Å²) in [5, 5.41) is 3.55. The summed E-state index contributed by atoms with van der Waals surface area (Å²) in [4.78, 5) is 0. The Hall–Kier alpha value is -1.02. The van der Waals surface area contributed by atoms with Crippen molar-refractivity contribution in [3.63, 3.8) is 0 Å². The van der Waals surface area contributed by atoms with Gasteiger partial charge in [-0.3, -0.25) is 0 Å². The zero-order valence-corrected chi connectivity index (χ0v) is 9.59. The molecule has 1 aromatic carbocycles. The molecular formula is C13H20N2. The van der Waals surface area contributed by atoms with Crippen LogP contribution in [-0.2, 0) is 0 Å². The first-order valence-corrected chi connectivity index (χ1v) is 5.75. The van der Waals surface area contributed by atoms with Crippen LogP contribution in [0, 0.1) is 13.8 Å². The Morgan fingerprint density at radius 1 is 1.13 bits per heavy atom. The van der Waals surface area contributed by atoms with Crippen LogP contribution in [0.3, 0.4) is 0 Å². The maximum Gasteiger partial charge on any atom is 0.0412 e. The summed E-state index contributed by atoms with van der Waals surface area (Å²) in [5.41, 5.74) is 9.88. The average Bonchev–Trinajstić information content (AvgIpc) is 2.50. The molecule has 1 saturated carbocycles. The smallest absolute Gasteiger partial charge is 0.0412 e. The van der Waals surface area contributed by atoms with Crippen LogP contribution in [0.5, 0.6) is 0 Å². The minimum absolute atomic E-state index is 0.325. The van der Waals surface area contributed by atoms with E-state index in [-0.39, 0.29) is 0 Å². The van der Waals surface area contributed by atoms with E-state index in [1.54, 1.807) is 0 Å². The molecule has 0 bridgehead atoms. The summed E-state index contributed by atoms with van der Waals surface area (Å²) in [6.45, 7) is 4.26. The number of benzene rings is 1. The predicted molar refractivity (Wildman–Crippen MR) is 65.2 cm³/mol. The number of anilines is 1. The lowest BCUT2D eigenvalue weighted by atomic mass is 10.1. The minimum atomic E-state index is 0.325. The molecule has 2 atom stereocenters. The summed E-state index contributed by atoms with van der Waals surface area (Å²) in [6, 6.07) is 7.37. The Labute approximate surface area is 91.9 Å². The van der Waals surface area contributed by atoms with Crippen LogP contribution in [0.2, 0.25) is 0 Å². The van der Waals surface area contributed by atoms with Crippen molar-refractivity contribution in [2.24, 2.45) is 5.73 Å². The van der Waals surface area contributed by atoms with E-state index in [1.165, 1.54) is 29.7 Å². The molecule has 0 unspecified atom stereocenters. The Kier molecular flexibility index (Phi) is 2.96. The van der Waals surface area contributed by atoms with Crippen LogP contribution in [-0.4, -0.2) is 12.1 Å². The maximum absolute atomic E-state index is 6.04. The van der Waals surface area contributed by atoms with Crippen molar-refractivity contribution in [1.82, 2.24) is 0 Å². The maximum atomic E-state index is 6.04. The first-order valence-electron chi connectivity index (χ1n) is 5.75. The Morgan fingerprint density at radius 3 is 2.33 bits per heavy atom. The SMILES string of the molecule is Cc1cc(C)cc(N[C@@H]2CCC[C@@H]2N)c1. The number of aryl methyl sites for hydroxylation is 2. The molecule has 1 fully saturated rings. The highest BCUT2D eigenvalue weighted by atomic mass is 15.0. The molecule has 0 spiro atoms. The van der Waals surface area contributed by atoms with Gasteiger partial charge in [-0.15, -0.1) is 0 Å². The van der Waals surface area contributed by atoms with Crippen molar-refractivity contribution < 1.29 is 0 Å². The lowest BCUT2D eigenvalue weighted by Gasteiger charge is -2.19. The van der Waals surface area contributed by atoms with Crippen LogP contribution in [0.4, 0.5) is 5.69 Å². The average molecular weight is 204 g/mol. The second kappa shape index (κ2) is 4.23. The molecule has 1 aliphatic carbocycles. The van der Waals surface area contributed by atoms with E-state index in [9.17, 15) is 0 Å². The Bertz CT molecular complexity index is 326. The zero-order valence-electron chi connectivity index (χ0n) is 9.59. The fourth-order valence-corrected chi connectivity index (χ4v) is 2.44. The summed E-state index contributed by atoms with van der Waals surface area (Å²) in [5.74, 6) is 0. The molecule has 0 aromatic heterocycles. The summed E-state index contributed by atoms with van der Waals surface area (Å²) >= 11 is 0. The molecule has 2 heteroatoms. The van der Waals surface area contributed by atoms with Crippen molar-refractivity contribution >= 4 is 5.69 Å². The Morgan fingerprint density at radius 2 is 1.80 bits per heavy atom. The largest absolute Gasteiger partial charge is 0.381 e. The van der Waals surface area contributed by atoms with Gasteiger partial charge in [-0.1, -0.05) is 6.07 Å². The van der Waals surface area contributed by atoms with Crippen molar-refractivity contribution in [2.75, 3.05) is 5.32 Å². The molecular weight excluding hydrogens is 184 g/mol. The summed E-state index contributed by atoms with van der Waals surface area (Å²) in [6.07, 6.45) is 3.61. The van der Waals surface area contributed by atoms with Crippen molar-refractivity contribution in [3.05, 3.63) is 29.3 Å². The van der Waals surface area contributed by atoms with E-state index in [2.05, 4.69) is 37.4 Å². The second-order valence-corrected chi connectivity index (χ2v) is 4.72. The molecule has 1 aliphatic rings. The molecule has 0 aliphatic heterocycles. The van der Waals surface area contributed by atoms with Crippen molar-refractivity contribution in [1.29, 1.82) is 0 Å². The van der Waals surface area contributed by atoms with Gasteiger partial charge in [0.2, 0.25) is 0 Å². The summed E-state index contributed by atoms with van der Waals surface area (Å²) < 4.78 is 0. The van der Waals surface area contributed by atoms with Crippen LogP contribution in [0.1, 0.15) is 30.4 Å². The third-order valence-corrected chi connectivity index (χ3v) is 3.14. The fourth-order valence-electron chi connectivity index (χ4n) is 2.44. The van der Waals surface area contributed by atoms with Gasteiger partial charge in [-0.2, -0.15) is 0 Å². The van der Waals surface area contributed by atoms with Crippen molar-refractivity contribution in [2.45, 2.75) is 45.2 Å². The van der Waals surface area contributed by atoms with Gasteiger partial charge in [0.05, 0.1) is 0 Å². The number of nitrogens with two attached hydrogens (primary N) is 1. The van der Waals surface area contributed by atoms with Crippen LogP contribution in [0.15, 0.2) is 18.2 Å². The first kappa shape index (κ1) is 10.5. The molecule has 2 rings (SSSR count). The van der Waals surface area contributed by atoms with E-state index >= 15 is 0 Å². The highest BCUT2D eigenvalue weighted by Crippen LogP contribution is 2.22. The summed E-state index contributed by atoms with van der Waals surface area (Å²) in [7, 11) is 0. The van der Waals surface area contributed by atoms with E-state index in [1.807, 2.05) is 0 Å². The lowest BCUT2D eigenvalue weighted by Crippen LogP contribution is -2.35. The van der Waals surface area contributed by atoms with Gasteiger partial charge in [0.1, 0.15) is 0 Å². The minimum Gasteiger partial charge on any atom is -0.381 e. The topological polar surface area (TPSA) is 38.0 Å². The van der Waals surface area contributed by atoms with E-state index in [4.69, 9.17) is 5.73 Å². The molecule has 0 amide bonds. The van der Waals surface area contributed by atoms with Gasteiger partial charge in [0, 0.05) is 17.8 Å². The third-order valence-electron chi connectivity index (χ3n) is 3.14. The van der Waals surface area contributed by atoms with E-state index < -0.39 is 0 Å². The monoisotopic (exact) mass is 204 g/mol. The van der Waals surface area contributed by atoms with E-state index in [0.717, 1.165) is 6.42 Å². The van der Waals surface area contributed by atoms with Gasteiger partial charge in [0.25, 0.3) is 0 Å². The first-order chi connectivity index (χ1) is 7.15. The fraction of sp³-hybridized carbons (Fsp3) is 0.538. The van der Waals surface area contributed by atoms with Crippen LogP contribution >= 0.6 is 0 Å². The number of nitrogens with one attached hydrogen (secondary N) is 1. The molecule has 0 saturated heterocycles. The zero-order chi connectivity index (χ0) is 10.8. The molecule has 0 heterocycles. The van der Waals surface area contributed by atoms with Gasteiger partial charge < -0.3 is 11.1 Å². The van der Waals surface area contributed by atoms with Gasteiger partial charge in [-0.25, -0.2) is 0 Å². The van der Waals surface area contributed by atoms with Gasteiger partial charge >= 0.3 is 0 Å². The lowest BCUT2D eigenvalue weighted by molar-refractivity contribution is 0.638. The van der Waals surface area contributed by atoms with Gasteiger partial charge in [-0.05, 0) is 56.4 Å². The Balaban J connectivity index is 2.10. The molecule has 2 nitrogen and oxygen atoms in total. The van der Waals surface area contributed by atoms with Crippen LogP contribution in [0.25, 0.3) is 0 Å². The molecule has 1 aromatic rings. The second-order valence-electron chi connectivity index (χ2n) is 4.72. The standard InChI is InChI=1S/C13H20N2/c1-9-6-10(2)8-11(7-9)15-13-5-3-4-12(13)14/h6-8,12-13,15H,3-5,14H2,1-2H3/t12-,13+/m0/s1. The quantitative estimate of drug-likeness (QED) is 0.777. The van der Waals surface area contributed by atoms with E-state index in [0.29, 0.717) is 12.1 Å². The highest BCUT2D eigenvalue weighted by Gasteiger charge is 2.23. The number of rotatable bonds is 2. The van der Waals surface area contributed by atoms with Crippen LogP contribution < -0.4 is 11.1 Å². The normalized spacial score (nSPS) is 25.5. The number of hydrogen-bond donors (Lipinski definition) is 2. The predicted octanol–water partition coefficient (Wildman–Crippen LogP) is 2.60. The van der Waals surface area contributed by atoms with Gasteiger partial charge in [0.15, 0.2) is 0 Å².